The molecule has 1 aromatic carbocycles. The van der Waals surface area contributed by atoms with Gasteiger partial charge in [-0.15, -0.1) is 0 Å². The van der Waals surface area contributed by atoms with E-state index in [1.54, 1.807) is 29.0 Å². The molecular weight excluding hydrogens is 314 g/mol. The van der Waals surface area contributed by atoms with Crippen LogP contribution < -0.4 is 10.6 Å². The zero-order valence-electron chi connectivity index (χ0n) is 13.9. The molecule has 2 N–H and O–H groups in total. The normalized spacial score (nSPS) is 18.4. The summed E-state index contributed by atoms with van der Waals surface area (Å²) in [7, 11) is 1.77. The van der Waals surface area contributed by atoms with E-state index in [2.05, 4.69) is 0 Å². The molecule has 1 aliphatic heterocycles. The number of nitrogens with two attached hydrogens (primary N) is 1. The predicted octanol–water partition coefficient (Wildman–Crippen LogP) is 2.14. The summed E-state index contributed by atoms with van der Waals surface area (Å²) >= 11 is 6.16. The maximum absolute atomic E-state index is 12.6. The molecule has 1 fully saturated rings. The average molecular weight is 338 g/mol. The van der Waals surface area contributed by atoms with Crippen LogP contribution in [0.15, 0.2) is 24.3 Å². The Morgan fingerprint density at radius 1 is 1.43 bits per heavy atom. The molecule has 0 saturated carbocycles. The van der Waals surface area contributed by atoms with E-state index in [0.717, 1.165) is 0 Å². The molecule has 5 nitrogen and oxygen atoms in total. The SMILES string of the molecule is CN(CC(C)(C)CN)C(=O)C1CC(=O)N(c2ccccc2Cl)C1. The van der Waals surface area contributed by atoms with Gasteiger partial charge in [0, 0.05) is 26.6 Å². The molecule has 0 bridgehead atoms. The van der Waals surface area contributed by atoms with E-state index in [0.29, 0.717) is 30.3 Å². The minimum Gasteiger partial charge on any atom is -0.345 e. The molecule has 1 atom stereocenters. The number of hydrogen-bond acceptors (Lipinski definition) is 3. The minimum absolute atomic E-state index is 0.0190. The number of carbonyl (C=O) groups excluding carboxylic acids is 2. The number of nitrogens with zero attached hydrogens (tertiary/aromatic N) is 2. The summed E-state index contributed by atoms with van der Waals surface area (Å²) in [4.78, 5) is 28.2. The second-order valence-corrected chi connectivity index (χ2v) is 7.33. The molecule has 0 spiro atoms. The van der Waals surface area contributed by atoms with E-state index in [1.165, 1.54) is 0 Å². The van der Waals surface area contributed by atoms with E-state index in [1.807, 2.05) is 26.0 Å². The zero-order valence-corrected chi connectivity index (χ0v) is 14.6. The van der Waals surface area contributed by atoms with Crippen molar-refractivity contribution in [3.05, 3.63) is 29.3 Å². The molecule has 0 radical (unpaired) electrons. The first-order chi connectivity index (χ1) is 10.7. The number of rotatable bonds is 5. The van der Waals surface area contributed by atoms with Gasteiger partial charge in [-0.2, -0.15) is 0 Å². The summed E-state index contributed by atoms with van der Waals surface area (Å²) in [6.07, 6.45) is 0.220. The van der Waals surface area contributed by atoms with Crippen molar-refractivity contribution in [1.82, 2.24) is 4.90 Å². The molecular formula is C17H24ClN3O2. The molecule has 0 aliphatic carbocycles. The van der Waals surface area contributed by atoms with Crippen LogP contribution in [0.1, 0.15) is 20.3 Å². The van der Waals surface area contributed by atoms with E-state index >= 15 is 0 Å². The lowest BCUT2D eigenvalue weighted by molar-refractivity contribution is -0.135. The Bertz CT molecular complexity index is 603. The van der Waals surface area contributed by atoms with Gasteiger partial charge in [-0.3, -0.25) is 9.59 Å². The van der Waals surface area contributed by atoms with E-state index in [9.17, 15) is 9.59 Å². The lowest BCUT2D eigenvalue weighted by atomic mass is 9.92. The molecule has 0 aromatic heterocycles. The fourth-order valence-electron chi connectivity index (χ4n) is 2.87. The molecule has 2 rings (SSSR count). The van der Waals surface area contributed by atoms with Gasteiger partial charge in [0.15, 0.2) is 0 Å². The van der Waals surface area contributed by atoms with Crippen LogP contribution in [0.2, 0.25) is 5.02 Å². The third-order valence-corrected chi connectivity index (χ3v) is 4.53. The summed E-state index contributed by atoms with van der Waals surface area (Å²) in [6.45, 7) is 5.48. The first-order valence-corrected chi connectivity index (χ1v) is 8.13. The number of carbonyl (C=O) groups is 2. The number of hydrogen-bond donors (Lipinski definition) is 1. The third-order valence-electron chi connectivity index (χ3n) is 4.21. The standard InChI is InChI=1S/C17H24ClN3O2/c1-17(2,10-19)11-20(3)16(23)12-8-15(22)21(9-12)14-7-5-4-6-13(14)18/h4-7,12H,8-11,19H2,1-3H3. The maximum atomic E-state index is 12.6. The molecule has 1 saturated heterocycles. The van der Waals surface area contributed by atoms with Crippen LogP contribution in [0.4, 0.5) is 5.69 Å². The number of benzene rings is 1. The quantitative estimate of drug-likeness (QED) is 0.895. The van der Waals surface area contributed by atoms with Gasteiger partial charge in [0.1, 0.15) is 0 Å². The van der Waals surface area contributed by atoms with Gasteiger partial charge in [0.25, 0.3) is 0 Å². The zero-order chi connectivity index (χ0) is 17.2. The highest BCUT2D eigenvalue weighted by Gasteiger charge is 2.37. The average Bonchev–Trinajstić information content (AvgIpc) is 2.88. The van der Waals surface area contributed by atoms with Gasteiger partial charge in [0.05, 0.1) is 16.6 Å². The van der Waals surface area contributed by atoms with Gasteiger partial charge in [0.2, 0.25) is 11.8 Å². The Morgan fingerprint density at radius 2 is 2.09 bits per heavy atom. The lowest BCUT2D eigenvalue weighted by Crippen LogP contribution is -2.42. The van der Waals surface area contributed by atoms with E-state index < -0.39 is 0 Å². The highest BCUT2D eigenvalue weighted by atomic mass is 35.5. The van der Waals surface area contributed by atoms with Gasteiger partial charge in [-0.05, 0) is 24.1 Å². The molecule has 23 heavy (non-hydrogen) atoms. The van der Waals surface area contributed by atoms with Crippen molar-refractivity contribution in [2.75, 3.05) is 31.6 Å². The van der Waals surface area contributed by atoms with Crippen LogP contribution in [-0.2, 0) is 9.59 Å². The van der Waals surface area contributed by atoms with Crippen LogP contribution in [0.25, 0.3) is 0 Å². The monoisotopic (exact) mass is 337 g/mol. The van der Waals surface area contributed by atoms with Crippen molar-refractivity contribution >= 4 is 29.1 Å². The van der Waals surface area contributed by atoms with Crippen LogP contribution in [0, 0.1) is 11.3 Å². The van der Waals surface area contributed by atoms with Crippen molar-refractivity contribution in [1.29, 1.82) is 0 Å². The van der Waals surface area contributed by atoms with Crippen molar-refractivity contribution in [2.45, 2.75) is 20.3 Å². The Hall–Kier alpha value is -1.59. The Morgan fingerprint density at radius 3 is 2.70 bits per heavy atom. The molecule has 1 heterocycles. The van der Waals surface area contributed by atoms with Gasteiger partial charge in [-0.25, -0.2) is 0 Å². The van der Waals surface area contributed by atoms with Crippen molar-refractivity contribution in [2.24, 2.45) is 17.1 Å². The molecule has 1 unspecified atom stereocenters. The molecule has 2 amide bonds. The summed E-state index contributed by atoms with van der Waals surface area (Å²) in [5, 5.41) is 0.520. The third kappa shape index (κ3) is 4.03. The summed E-state index contributed by atoms with van der Waals surface area (Å²) in [5.74, 6) is -0.422. The van der Waals surface area contributed by atoms with E-state index in [4.69, 9.17) is 17.3 Å². The minimum atomic E-state index is -0.336. The molecule has 126 valence electrons. The Kier molecular flexibility index (Phi) is 5.32. The first-order valence-electron chi connectivity index (χ1n) is 7.75. The summed E-state index contributed by atoms with van der Waals surface area (Å²) in [5.41, 5.74) is 6.25. The lowest BCUT2D eigenvalue weighted by Gasteiger charge is -2.30. The van der Waals surface area contributed by atoms with Crippen molar-refractivity contribution < 1.29 is 9.59 Å². The summed E-state index contributed by atoms with van der Waals surface area (Å²) in [6, 6.07) is 7.20. The van der Waals surface area contributed by atoms with Crippen molar-refractivity contribution in [3.63, 3.8) is 0 Å². The first kappa shape index (κ1) is 17.8. The number of para-hydroxylation sites is 1. The highest BCUT2D eigenvalue weighted by molar-refractivity contribution is 6.33. The number of amides is 2. The highest BCUT2D eigenvalue weighted by Crippen LogP contribution is 2.31. The van der Waals surface area contributed by atoms with Gasteiger partial charge < -0.3 is 15.5 Å². The predicted molar refractivity (Wildman–Crippen MR) is 92.4 cm³/mol. The van der Waals surface area contributed by atoms with Crippen LogP contribution in [0.5, 0.6) is 0 Å². The fraction of sp³-hybridized carbons (Fsp3) is 0.529. The summed E-state index contributed by atoms with van der Waals surface area (Å²) < 4.78 is 0. The smallest absolute Gasteiger partial charge is 0.227 e. The van der Waals surface area contributed by atoms with E-state index in [-0.39, 0.29) is 29.6 Å². The molecule has 6 heteroatoms. The number of anilines is 1. The van der Waals surface area contributed by atoms with Crippen molar-refractivity contribution in [3.8, 4) is 0 Å². The second kappa shape index (κ2) is 6.89. The van der Waals surface area contributed by atoms with Gasteiger partial charge >= 0.3 is 0 Å². The van der Waals surface area contributed by atoms with Crippen LogP contribution >= 0.6 is 11.6 Å². The largest absolute Gasteiger partial charge is 0.345 e. The Labute approximate surface area is 142 Å². The fourth-order valence-corrected chi connectivity index (χ4v) is 3.11. The van der Waals surface area contributed by atoms with Crippen LogP contribution in [0.3, 0.4) is 0 Å². The molecule has 1 aromatic rings. The molecule has 1 aliphatic rings. The maximum Gasteiger partial charge on any atom is 0.227 e. The number of halogens is 1. The van der Waals surface area contributed by atoms with Gasteiger partial charge in [-0.1, -0.05) is 37.6 Å². The Balaban J connectivity index is 2.08. The second-order valence-electron chi connectivity index (χ2n) is 6.92. The van der Waals surface area contributed by atoms with Crippen LogP contribution in [-0.4, -0.2) is 43.4 Å². The topological polar surface area (TPSA) is 66.6 Å².